The summed E-state index contributed by atoms with van der Waals surface area (Å²) >= 11 is 3.16. The largest absolute Gasteiger partial charge is 0.490 e. The van der Waals surface area contributed by atoms with Gasteiger partial charge in [0.05, 0.1) is 12.2 Å². The van der Waals surface area contributed by atoms with Crippen molar-refractivity contribution < 1.29 is 27.4 Å². The molecular weight excluding hydrogens is 501 g/mol. The first kappa shape index (κ1) is 22.5. The van der Waals surface area contributed by atoms with Gasteiger partial charge in [0.15, 0.2) is 5.75 Å². The minimum Gasteiger partial charge on any atom is -0.490 e. The lowest BCUT2D eigenvalue weighted by molar-refractivity contribution is -0.139. The smallest absolute Gasteiger partial charge is 0.419 e. The number of carbonyl (C=O) groups is 1. The fourth-order valence-corrected chi connectivity index (χ4v) is 3.81. The molecule has 2 aliphatic heterocycles. The van der Waals surface area contributed by atoms with Crippen molar-refractivity contribution in [2.75, 3.05) is 44.3 Å². The van der Waals surface area contributed by atoms with E-state index < -0.39 is 23.4 Å². The number of halogens is 4. The van der Waals surface area contributed by atoms with E-state index in [0.717, 1.165) is 12.4 Å². The van der Waals surface area contributed by atoms with Crippen LogP contribution in [0.3, 0.4) is 0 Å². The van der Waals surface area contributed by atoms with Gasteiger partial charge in [0.25, 0.3) is 5.56 Å². The Hall–Kier alpha value is -2.74. The summed E-state index contributed by atoms with van der Waals surface area (Å²) in [7, 11) is 0. The Labute approximate surface area is 187 Å². The van der Waals surface area contributed by atoms with Crippen LogP contribution >= 0.6 is 15.9 Å². The number of fused-ring (bicyclic) bond motifs is 1. The molecule has 2 aromatic rings. The zero-order valence-corrected chi connectivity index (χ0v) is 18.1. The van der Waals surface area contributed by atoms with Crippen LogP contribution in [0.1, 0.15) is 23.8 Å². The highest BCUT2D eigenvalue weighted by atomic mass is 79.9. The highest BCUT2D eigenvalue weighted by Gasteiger charge is 2.32. The van der Waals surface area contributed by atoms with E-state index in [1.165, 1.54) is 0 Å². The van der Waals surface area contributed by atoms with Crippen LogP contribution in [0.5, 0.6) is 5.75 Å². The maximum Gasteiger partial charge on any atom is 0.419 e. The number of hydrogen-bond acceptors (Lipinski definition) is 8. The Morgan fingerprint density at radius 2 is 1.94 bits per heavy atom. The molecule has 0 spiro atoms. The zero-order chi connectivity index (χ0) is 22.9. The number of alkyl halides is 3. The summed E-state index contributed by atoms with van der Waals surface area (Å²) < 4.78 is 49.4. The van der Waals surface area contributed by atoms with Gasteiger partial charge in [-0.3, -0.25) is 9.59 Å². The van der Waals surface area contributed by atoms with Gasteiger partial charge in [0, 0.05) is 45.0 Å². The normalized spacial score (nSPS) is 18.8. The molecule has 14 heteroatoms. The monoisotopic (exact) mass is 518 g/mol. The van der Waals surface area contributed by atoms with Crippen LogP contribution in [0, 0.1) is 0 Å². The molecular formula is C18H18BrF3N6O4. The average molecular weight is 519 g/mol. The van der Waals surface area contributed by atoms with Crippen LogP contribution in [0.4, 0.5) is 19.1 Å². The van der Waals surface area contributed by atoms with E-state index in [-0.39, 0.29) is 22.9 Å². The Bertz CT molecular complexity index is 1040. The summed E-state index contributed by atoms with van der Waals surface area (Å²) in [6.45, 7) is 1.61. The molecule has 1 N–H and O–H groups in total. The van der Waals surface area contributed by atoms with E-state index in [1.54, 1.807) is 9.80 Å². The number of amides is 1. The van der Waals surface area contributed by atoms with Crippen molar-refractivity contribution in [1.82, 2.24) is 25.1 Å². The minimum absolute atomic E-state index is 0.181. The van der Waals surface area contributed by atoms with Crippen molar-refractivity contribution >= 4 is 27.8 Å². The number of anilines is 1. The Morgan fingerprint density at radius 1 is 1.25 bits per heavy atom. The van der Waals surface area contributed by atoms with Crippen molar-refractivity contribution in [3.8, 4) is 5.75 Å². The van der Waals surface area contributed by atoms with Crippen LogP contribution < -0.4 is 15.2 Å². The van der Waals surface area contributed by atoms with Gasteiger partial charge >= 0.3 is 6.18 Å². The maximum absolute atomic E-state index is 12.6. The lowest BCUT2D eigenvalue weighted by Gasteiger charge is -2.35. The molecule has 172 valence electrons. The van der Waals surface area contributed by atoms with Gasteiger partial charge in [-0.25, -0.2) is 15.1 Å². The topological polar surface area (TPSA) is 114 Å². The molecule has 1 atom stereocenters. The standard InChI is InChI=1S/C18H18BrF3N6O4/c19-13-15-14(25-26-16(13)30)11(1-6-31-15)32-9-12(29)27-2-4-28(5-3-27)17-23-7-10(8-24-17)18(20,21)22/h7-8,11H,1-6,9H2,(H,26,30). The van der Waals surface area contributed by atoms with E-state index in [2.05, 4.69) is 36.1 Å². The van der Waals surface area contributed by atoms with Gasteiger partial charge in [0.1, 0.15) is 22.9 Å². The van der Waals surface area contributed by atoms with Crippen molar-refractivity contribution in [3.05, 3.63) is 38.5 Å². The predicted octanol–water partition coefficient (Wildman–Crippen LogP) is 1.53. The fraction of sp³-hybridized carbons (Fsp3) is 0.500. The molecule has 1 unspecified atom stereocenters. The molecule has 1 fully saturated rings. The molecule has 4 rings (SSSR count). The Kier molecular flexibility index (Phi) is 6.33. The molecule has 2 aliphatic rings. The third-order valence-corrected chi connectivity index (χ3v) is 5.85. The highest BCUT2D eigenvalue weighted by Crippen LogP contribution is 2.35. The van der Waals surface area contributed by atoms with Crippen LogP contribution in [0.25, 0.3) is 0 Å². The first-order valence-electron chi connectivity index (χ1n) is 9.68. The summed E-state index contributed by atoms with van der Waals surface area (Å²) in [5.74, 6) is 0.267. The molecule has 0 bridgehead atoms. The van der Waals surface area contributed by atoms with Crippen molar-refractivity contribution in [3.63, 3.8) is 0 Å². The number of hydrogen-bond donors (Lipinski definition) is 1. The predicted molar refractivity (Wildman–Crippen MR) is 107 cm³/mol. The minimum atomic E-state index is -4.49. The van der Waals surface area contributed by atoms with E-state index in [0.29, 0.717) is 50.7 Å². The second kappa shape index (κ2) is 9.02. The first-order chi connectivity index (χ1) is 15.2. The lowest BCUT2D eigenvalue weighted by atomic mass is 10.1. The highest BCUT2D eigenvalue weighted by molar-refractivity contribution is 9.10. The number of rotatable bonds is 4. The number of aromatic nitrogens is 4. The number of piperazine rings is 1. The van der Waals surface area contributed by atoms with Gasteiger partial charge in [-0.2, -0.15) is 18.3 Å². The Morgan fingerprint density at radius 3 is 2.59 bits per heavy atom. The third-order valence-electron chi connectivity index (χ3n) is 5.13. The average Bonchev–Trinajstić information content (AvgIpc) is 2.79. The number of carbonyl (C=O) groups excluding carboxylic acids is 1. The third kappa shape index (κ3) is 4.70. The van der Waals surface area contributed by atoms with Gasteiger partial charge < -0.3 is 19.3 Å². The zero-order valence-electron chi connectivity index (χ0n) is 16.6. The second-order valence-corrected chi connectivity index (χ2v) is 7.95. The van der Waals surface area contributed by atoms with Crippen LogP contribution in [-0.2, 0) is 15.7 Å². The van der Waals surface area contributed by atoms with Crippen LogP contribution in [0.2, 0.25) is 0 Å². The van der Waals surface area contributed by atoms with Gasteiger partial charge in [-0.1, -0.05) is 0 Å². The second-order valence-electron chi connectivity index (χ2n) is 7.16. The van der Waals surface area contributed by atoms with Crippen LogP contribution in [0.15, 0.2) is 21.7 Å². The fourth-order valence-electron chi connectivity index (χ4n) is 3.40. The molecule has 1 saturated heterocycles. The lowest BCUT2D eigenvalue weighted by Crippen LogP contribution is -2.50. The van der Waals surface area contributed by atoms with E-state index in [4.69, 9.17) is 9.47 Å². The van der Waals surface area contributed by atoms with Crippen LogP contribution in [-0.4, -0.2) is 70.4 Å². The molecule has 1 amide bonds. The number of aromatic amines is 1. The molecule has 4 heterocycles. The summed E-state index contributed by atoms with van der Waals surface area (Å²) in [5, 5.41) is 6.34. The van der Waals surface area contributed by atoms with Gasteiger partial charge in [-0.05, 0) is 15.9 Å². The summed E-state index contributed by atoms with van der Waals surface area (Å²) in [6, 6.07) is 0. The molecule has 0 saturated carbocycles. The van der Waals surface area contributed by atoms with E-state index in [1.807, 2.05) is 0 Å². The number of ether oxygens (including phenoxy) is 2. The molecule has 2 aromatic heterocycles. The number of nitrogens with zero attached hydrogens (tertiary/aromatic N) is 5. The molecule has 32 heavy (non-hydrogen) atoms. The molecule has 10 nitrogen and oxygen atoms in total. The first-order valence-corrected chi connectivity index (χ1v) is 10.5. The summed E-state index contributed by atoms with van der Waals surface area (Å²) in [6.07, 6.45) is -3.02. The summed E-state index contributed by atoms with van der Waals surface area (Å²) in [5.41, 5.74) is -0.914. The quantitative estimate of drug-likeness (QED) is 0.648. The number of nitrogens with one attached hydrogen (secondary N) is 1. The number of H-pyrrole nitrogens is 1. The maximum atomic E-state index is 12.6. The van der Waals surface area contributed by atoms with E-state index in [9.17, 15) is 22.8 Å². The molecule has 0 radical (unpaired) electrons. The van der Waals surface area contributed by atoms with Gasteiger partial charge in [-0.15, -0.1) is 0 Å². The van der Waals surface area contributed by atoms with Gasteiger partial charge in [0.2, 0.25) is 11.9 Å². The van der Waals surface area contributed by atoms with E-state index >= 15 is 0 Å². The SMILES string of the molecule is O=C(COC1CCOc2c1n[nH]c(=O)c2Br)N1CCN(c2ncc(C(F)(F)F)cn2)CC1. The van der Waals surface area contributed by atoms with Crippen molar-refractivity contribution in [1.29, 1.82) is 0 Å². The van der Waals surface area contributed by atoms with Crippen molar-refractivity contribution in [2.24, 2.45) is 0 Å². The van der Waals surface area contributed by atoms with Crippen molar-refractivity contribution in [2.45, 2.75) is 18.7 Å². The summed E-state index contributed by atoms with van der Waals surface area (Å²) in [4.78, 5) is 35.1. The Balaban J connectivity index is 1.30. The molecule has 0 aromatic carbocycles. The molecule has 0 aliphatic carbocycles.